The Kier molecular flexibility index (Phi) is 6.04. The summed E-state index contributed by atoms with van der Waals surface area (Å²) >= 11 is 0. The number of allylic oxidation sites excluding steroid dienone is 4. The molecule has 0 atom stereocenters. The van der Waals surface area contributed by atoms with Crippen molar-refractivity contribution in [2.75, 3.05) is 0 Å². The Morgan fingerprint density at radius 1 is 1.33 bits per heavy atom. The van der Waals surface area contributed by atoms with Gasteiger partial charge < -0.3 is 0 Å². The van der Waals surface area contributed by atoms with Gasteiger partial charge >= 0.3 is 0 Å². The third-order valence-electron chi connectivity index (χ3n) is 0.741. The fourth-order valence-electron chi connectivity index (χ4n) is 0.364. The normalized spacial score (nSPS) is 10.7. The van der Waals surface area contributed by atoms with Crippen LogP contribution in [0.15, 0.2) is 42.1 Å². The van der Waals surface area contributed by atoms with Gasteiger partial charge in [-0.2, -0.15) is 0 Å². The fourth-order valence-corrected chi connectivity index (χ4v) is 0.364. The van der Waals surface area contributed by atoms with E-state index >= 15 is 0 Å². The molecule has 0 spiro atoms. The molecule has 0 aromatic rings. The molecule has 0 bridgehead atoms. The monoisotopic (exact) mass is 121 g/mol. The van der Waals surface area contributed by atoms with Crippen LogP contribution in [0.1, 0.15) is 6.42 Å². The van der Waals surface area contributed by atoms with Gasteiger partial charge in [-0.3, -0.25) is 4.99 Å². The predicted molar refractivity (Wildman–Crippen MR) is 42.6 cm³/mol. The topological polar surface area (TPSA) is 12.4 Å². The number of nitrogens with zero attached hydrogens (tertiary/aromatic N) is 1. The third-order valence-corrected chi connectivity index (χ3v) is 0.741. The van der Waals surface area contributed by atoms with Crippen LogP contribution in [-0.4, -0.2) is 6.72 Å². The fraction of sp³-hybridized carbons (Fsp3) is 0.125. The summed E-state index contributed by atoms with van der Waals surface area (Å²) in [5.41, 5.74) is 0. The molecule has 0 fully saturated rings. The van der Waals surface area contributed by atoms with Gasteiger partial charge in [-0.15, -0.1) is 6.58 Å². The Morgan fingerprint density at radius 2 is 2.11 bits per heavy atom. The predicted octanol–water partition coefficient (Wildman–Crippen LogP) is 2.33. The van der Waals surface area contributed by atoms with Crippen LogP contribution in [0.2, 0.25) is 0 Å². The molecular weight excluding hydrogens is 110 g/mol. The van der Waals surface area contributed by atoms with E-state index in [1.165, 1.54) is 0 Å². The zero-order valence-corrected chi connectivity index (χ0v) is 5.46. The van der Waals surface area contributed by atoms with Gasteiger partial charge in [0, 0.05) is 6.20 Å². The van der Waals surface area contributed by atoms with E-state index < -0.39 is 0 Å². The van der Waals surface area contributed by atoms with Crippen molar-refractivity contribution in [3.8, 4) is 0 Å². The molecule has 0 saturated heterocycles. The Labute approximate surface area is 56.1 Å². The smallest absolute Gasteiger partial charge is 0.0260 e. The first-order valence-electron chi connectivity index (χ1n) is 2.80. The molecule has 0 aromatic heterocycles. The minimum Gasteiger partial charge on any atom is -0.273 e. The van der Waals surface area contributed by atoms with Crippen LogP contribution >= 0.6 is 0 Å². The van der Waals surface area contributed by atoms with Gasteiger partial charge in [-0.25, -0.2) is 0 Å². The highest BCUT2D eigenvalue weighted by Crippen LogP contribution is 1.83. The first-order chi connectivity index (χ1) is 4.41. The minimum atomic E-state index is 0.904. The summed E-state index contributed by atoms with van der Waals surface area (Å²) in [5, 5.41) is 0. The highest BCUT2D eigenvalue weighted by atomic mass is 14.6. The number of hydrogen-bond donors (Lipinski definition) is 0. The van der Waals surface area contributed by atoms with E-state index in [-0.39, 0.29) is 0 Å². The first-order valence-corrected chi connectivity index (χ1v) is 2.80. The summed E-state index contributed by atoms with van der Waals surface area (Å²) in [4.78, 5) is 3.53. The van der Waals surface area contributed by atoms with E-state index in [2.05, 4.69) is 18.3 Å². The molecule has 0 aliphatic carbocycles. The number of aliphatic imine (C=N–C) groups is 1. The van der Waals surface area contributed by atoms with Crippen LogP contribution < -0.4 is 0 Å². The summed E-state index contributed by atoms with van der Waals surface area (Å²) in [6, 6.07) is 0. The Morgan fingerprint density at radius 3 is 2.67 bits per heavy atom. The Balaban J connectivity index is 3.33. The van der Waals surface area contributed by atoms with Gasteiger partial charge in [-0.1, -0.05) is 18.2 Å². The molecule has 1 nitrogen and oxygen atoms in total. The molecule has 0 aliphatic rings. The molecule has 0 N–H and O–H groups in total. The SMILES string of the molecule is C=CC/C=C\C=C/N=C. The lowest BCUT2D eigenvalue weighted by Gasteiger charge is -1.74. The molecule has 0 heterocycles. The van der Waals surface area contributed by atoms with Crippen LogP contribution in [0.4, 0.5) is 0 Å². The number of rotatable bonds is 4. The molecule has 0 aliphatic heterocycles. The molecule has 0 aromatic carbocycles. The molecule has 0 rings (SSSR count). The molecule has 9 heavy (non-hydrogen) atoms. The van der Waals surface area contributed by atoms with Crippen molar-refractivity contribution in [3.63, 3.8) is 0 Å². The lowest BCUT2D eigenvalue weighted by molar-refractivity contribution is 1.40. The summed E-state index contributed by atoms with van der Waals surface area (Å²) < 4.78 is 0. The highest BCUT2D eigenvalue weighted by Gasteiger charge is 1.62. The van der Waals surface area contributed by atoms with E-state index in [1.54, 1.807) is 6.20 Å². The average molecular weight is 121 g/mol. The van der Waals surface area contributed by atoms with Crippen LogP contribution in [0, 0.1) is 0 Å². The van der Waals surface area contributed by atoms with Gasteiger partial charge in [0.1, 0.15) is 0 Å². The van der Waals surface area contributed by atoms with Gasteiger partial charge in [0.2, 0.25) is 0 Å². The van der Waals surface area contributed by atoms with Crippen LogP contribution in [-0.2, 0) is 0 Å². The molecule has 0 amide bonds. The maximum Gasteiger partial charge on any atom is 0.0260 e. The summed E-state index contributed by atoms with van der Waals surface area (Å²) in [5.74, 6) is 0. The third kappa shape index (κ3) is 6.89. The van der Waals surface area contributed by atoms with Gasteiger partial charge in [-0.05, 0) is 19.2 Å². The van der Waals surface area contributed by atoms with Crippen LogP contribution in [0.3, 0.4) is 0 Å². The molecule has 1 heteroatoms. The average Bonchev–Trinajstić information content (AvgIpc) is 1.89. The van der Waals surface area contributed by atoms with Gasteiger partial charge in [0.05, 0.1) is 0 Å². The Hall–Kier alpha value is -1.11. The van der Waals surface area contributed by atoms with Crippen molar-refractivity contribution >= 4 is 6.72 Å². The Bertz CT molecular complexity index is 132. The van der Waals surface area contributed by atoms with E-state index in [1.807, 2.05) is 24.3 Å². The largest absolute Gasteiger partial charge is 0.273 e. The van der Waals surface area contributed by atoms with Crippen LogP contribution in [0.5, 0.6) is 0 Å². The van der Waals surface area contributed by atoms with Crippen molar-refractivity contribution in [2.24, 2.45) is 4.99 Å². The van der Waals surface area contributed by atoms with E-state index in [9.17, 15) is 0 Å². The van der Waals surface area contributed by atoms with E-state index in [0.717, 1.165) is 6.42 Å². The van der Waals surface area contributed by atoms with E-state index in [0.29, 0.717) is 0 Å². The van der Waals surface area contributed by atoms with Crippen molar-refractivity contribution < 1.29 is 0 Å². The molecule has 0 radical (unpaired) electrons. The molecule has 0 unspecified atom stereocenters. The summed E-state index contributed by atoms with van der Waals surface area (Å²) in [6.45, 7) is 6.85. The lowest BCUT2D eigenvalue weighted by atomic mass is 10.4. The zero-order chi connectivity index (χ0) is 6.95. The van der Waals surface area contributed by atoms with Crippen molar-refractivity contribution in [3.05, 3.63) is 37.1 Å². The second-order valence-electron chi connectivity index (χ2n) is 1.48. The minimum absolute atomic E-state index is 0.904. The molecule has 48 valence electrons. The van der Waals surface area contributed by atoms with Crippen molar-refractivity contribution in [2.45, 2.75) is 6.42 Å². The van der Waals surface area contributed by atoms with Crippen LogP contribution in [0.25, 0.3) is 0 Å². The standard InChI is InChI=1S/C8H11N/c1-3-4-5-6-7-8-9-2/h3,5-8H,1-2,4H2/b6-5-,8-7-. The quantitative estimate of drug-likeness (QED) is 0.307. The van der Waals surface area contributed by atoms with E-state index in [4.69, 9.17) is 0 Å². The summed E-state index contributed by atoms with van der Waals surface area (Å²) in [7, 11) is 0. The molecule has 0 saturated carbocycles. The van der Waals surface area contributed by atoms with Gasteiger partial charge in [0.15, 0.2) is 0 Å². The number of hydrogen-bond acceptors (Lipinski definition) is 1. The second kappa shape index (κ2) is 6.89. The maximum absolute atomic E-state index is 3.57. The first kappa shape index (κ1) is 7.89. The van der Waals surface area contributed by atoms with Crippen molar-refractivity contribution in [1.82, 2.24) is 0 Å². The zero-order valence-electron chi connectivity index (χ0n) is 5.46. The summed E-state index contributed by atoms with van der Waals surface area (Å²) in [6.07, 6.45) is 10.1. The van der Waals surface area contributed by atoms with Gasteiger partial charge in [0.25, 0.3) is 0 Å². The second-order valence-corrected chi connectivity index (χ2v) is 1.48. The highest BCUT2D eigenvalue weighted by molar-refractivity contribution is 5.26. The van der Waals surface area contributed by atoms with Crippen molar-refractivity contribution in [1.29, 1.82) is 0 Å². The molecular formula is C8H11N. The maximum atomic E-state index is 3.57. The lowest BCUT2D eigenvalue weighted by Crippen LogP contribution is -1.52.